The quantitative estimate of drug-likeness (QED) is 0.881. The lowest BCUT2D eigenvalue weighted by molar-refractivity contribution is 0.526. The van der Waals surface area contributed by atoms with Gasteiger partial charge in [-0.15, -0.1) is 0 Å². The fourth-order valence-corrected chi connectivity index (χ4v) is 3.15. The van der Waals surface area contributed by atoms with Gasteiger partial charge in [-0.3, -0.25) is 9.67 Å². The summed E-state index contributed by atoms with van der Waals surface area (Å²) in [5.41, 5.74) is 3.54. The minimum Gasteiger partial charge on any atom is -0.310 e. The van der Waals surface area contributed by atoms with E-state index in [1.807, 2.05) is 30.2 Å². The molecule has 0 bridgehead atoms. The Morgan fingerprint density at radius 3 is 2.75 bits per heavy atom. The van der Waals surface area contributed by atoms with Gasteiger partial charge in [0.15, 0.2) is 0 Å². The maximum atomic E-state index is 4.56. The van der Waals surface area contributed by atoms with Crippen LogP contribution in [-0.4, -0.2) is 21.3 Å². The van der Waals surface area contributed by atoms with Gasteiger partial charge < -0.3 is 5.32 Å². The second-order valence-corrected chi connectivity index (χ2v) is 5.58. The molecule has 1 atom stereocenters. The number of rotatable bonds is 6. The maximum Gasteiger partial charge on any atom is 0.0766 e. The molecular weight excluding hydrogens is 316 g/mol. The fraction of sp³-hybridized carbons (Fsp3) is 0.467. The molecule has 2 rings (SSSR count). The van der Waals surface area contributed by atoms with Crippen LogP contribution in [0.3, 0.4) is 0 Å². The average molecular weight is 337 g/mol. The Hall–Kier alpha value is -1.20. The zero-order valence-corrected chi connectivity index (χ0v) is 13.8. The zero-order chi connectivity index (χ0) is 14.5. The van der Waals surface area contributed by atoms with E-state index in [4.69, 9.17) is 0 Å². The summed E-state index contributed by atoms with van der Waals surface area (Å²) in [6.45, 7) is 5.18. The highest BCUT2D eigenvalue weighted by Crippen LogP contribution is 2.26. The highest BCUT2D eigenvalue weighted by Gasteiger charge is 2.18. The number of likely N-dealkylation sites (N-methyl/N-ethyl adjacent to an activating group) is 1. The van der Waals surface area contributed by atoms with Gasteiger partial charge in [0.2, 0.25) is 0 Å². The van der Waals surface area contributed by atoms with E-state index in [2.05, 4.69) is 51.2 Å². The van der Waals surface area contributed by atoms with E-state index in [-0.39, 0.29) is 6.04 Å². The van der Waals surface area contributed by atoms with E-state index in [1.54, 1.807) is 0 Å². The molecule has 0 fully saturated rings. The van der Waals surface area contributed by atoms with Crippen LogP contribution in [0.1, 0.15) is 36.8 Å². The Balaban J connectivity index is 2.27. The van der Waals surface area contributed by atoms with E-state index < -0.39 is 0 Å². The second kappa shape index (κ2) is 6.99. The Labute approximate surface area is 128 Å². The van der Waals surface area contributed by atoms with E-state index in [1.165, 1.54) is 11.3 Å². The molecule has 0 saturated heterocycles. The molecule has 0 amide bonds. The molecule has 0 aromatic carbocycles. The molecule has 0 saturated carbocycles. The van der Waals surface area contributed by atoms with Crippen LogP contribution in [0, 0.1) is 0 Å². The summed E-state index contributed by atoms with van der Waals surface area (Å²) in [6.07, 6.45) is 5.57. The van der Waals surface area contributed by atoms with E-state index in [0.717, 1.165) is 29.6 Å². The Kier molecular flexibility index (Phi) is 5.31. The lowest BCUT2D eigenvalue weighted by Crippen LogP contribution is -2.24. The second-order valence-electron chi connectivity index (χ2n) is 4.79. The Morgan fingerprint density at radius 1 is 1.40 bits per heavy atom. The van der Waals surface area contributed by atoms with Crippen molar-refractivity contribution >= 4 is 15.9 Å². The van der Waals surface area contributed by atoms with Crippen LogP contribution in [0.2, 0.25) is 0 Å². The highest BCUT2D eigenvalue weighted by molar-refractivity contribution is 9.10. The fourth-order valence-electron chi connectivity index (χ4n) is 2.37. The molecule has 1 unspecified atom stereocenters. The van der Waals surface area contributed by atoms with Crippen molar-refractivity contribution < 1.29 is 0 Å². The number of nitrogens with one attached hydrogen (secondary N) is 1. The van der Waals surface area contributed by atoms with Crippen molar-refractivity contribution in [2.45, 2.75) is 32.7 Å². The summed E-state index contributed by atoms with van der Waals surface area (Å²) in [5.74, 6) is 0. The van der Waals surface area contributed by atoms with Crippen molar-refractivity contribution in [2.24, 2.45) is 7.05 Å². The van der Waals surface area contributed by atoms with Crippen LogP contribution in [0.25, 0.3) is 0 Å². The van der Waals surface area contributed by atoms with Gasteiger partial charge in [0.25, 0.3) is 0 Å². The third-order valence-corrected chi connectivity index (χ3v) is 4.35. The van der Waals surface area contributed by atoms with Crippen LogP contribution < -0.4 is 5.32 Å². The number of hydrogen-bond donors (Lipinski definition) is 1. The SMILES string of the molecule is CCNC(Cc1c(Br)c(CC)nn1C)c1cccnc1. The number of pyridine rings is 1. The Morgan fingerprint density at radius 2 is 2.20 bits per heavy atom. The number of aryl methyl sites for hydroxylation is 2. The van der Waals surface area contributed by atoms with E-state index >= 15 is 0 Å². The molecule has 0 aliphatic carbocycles. The molecule has 5 heteroatoms. The molecule has 0 aliphatic heterocycles. The molecule has 2 aromatic heterocycles. The number of aromatic nitrogens is 3. The van der Waals surface area contributed by atoms with Gasteiger partial charge >= 0.3 is 0 Å². The van der Waals surface area contributed by atoms with E-state index in [9.17, 15) is 0 Å². The van der Waals surface area contributed by atoms with Crippen molar-refractivity contribution in [1.29, 1.82) is 0 Å². The molecule has 2 aromatic rings. The topological polar surface area (TPSA) is 42.7 Å². The highest BCUT2D eigenvalue weighted by atomic mass is 79.9. The normalized spacial score (nSPS) is 12.6. The smallest absolute Gasteiger partial charge is 0.0766 e. The van der Waals surface area contributed by atoms with Gasteiger partial charge in [-0.1, -0.05) is 19.9 Å². The molecular formula is C15H21BrN4. The first-order valence-electron chi connectivity index (χ1n) is 7.00. The summed E-state index contributed by atoms with van der Waals surface area (Å²) in [7, 11) is 2.01. The van der Waals surface area contributed by atoms with Gasteiger partial charge in [-0.05, 0) is 40.5 Å². The van der Waals surface area contributed by atoms with Gasteiger partial charge in [0.05, 0.1) is 15.9 Å². The zero-order valence-electron chi connectivity index (χ0n) is 12.2. The van der Waals surface area contributed by atoms with Crippen LogP contribution in [-0.2, 0) is 19.9 Å². The van der Waals surface area contributed by atoms with Crippen molar-refractivity contribution in [1.82, 2.24) is 20.1 Å². The van der Waals surface area contributed by atoms with Gasteiger partial charge in [-0.25, -0.2) is 0 Å². The first-order valence-corrected chi connectivity index (χ1v) is 7.80. The van der Waals surface area contributed by atoms with Crippen LogP contribution in [0.5, 0.6) is 0 Å². The van der Waals surface area contributed by atoms with Crippen molar-refractivity contribution in [3.05, 3.63) is 46.0 Å². The lowest BCUT2D eigenvalue weighted by atomic mass is 10.0. The molecule has 0 radical (unpaired) electrons. The summed E-state index contributed by atoms with van der Waals surface area (Å²) in [6, 6.07) is 4.35. The summed E-state index contributed by atoms with van der Waals surface area (Å²) in [5, 5.41) is 8.09. The maximum absolute atomic E-state index is 4.56. The third-order valence-electron chi connectivity index (χ3n) is 3.44. The summed E-state index contributed by atoms with van der Waals surface area (Å²) < 4.78 is 3.11. The predicted octanol–water partition coefficient (Wildman–Crippen LogP) is 3.03. The lowest BCUT2D eigenvalue weighted by Gasteiger charge is -2.18. The van der Waals surface area contributed by atoms with Crippen molar-refractivity contribution in [3.8, 4) is 0 Å². The molecule has 1 N–H and O–H groups in total. The van der Waals surface area contributed by atoms with Gasteiger partial charge in [0.1, 0.15) is 0 Å². The minimum atomic E-state index is 0.255. The van der Waals surface area contributed by atoms with E-state index in [0.29, 0.717) is 0 Å². The van der Waals surface area contributed by atoms with Crippen LogP contribution >= 0.6 is 15.9 Å². The van der Waals surface area contributed by atoms with Crippen molar-refractivity contribution in [3.63, 3.8) is 0 Å². The average Bonchev–Trinajstić information content (AvgIpc) is 2.75. The summed E-state index contributed by atoms with van der Waals surface area (Å²) >= 11 is 3.69. The molecule has 0 aliphatic rings. The minimum absolute atomic E-state index is 0.255. The van der Waals surface area contributed by atoms with Crippen molar-refractivity contribution in [2.75, 3.05) is 6.54 Å². The number of nitrogens with zero attached hydrogens (tertiary/aromatic N) is 3. The third kappa shape index (κ3) is 3.27. The first kappa shape index (κ1) is 15.2. The predicted molar refractivity (Wildman–Crippen MR) is 84.6 cm³/mol. The molecule has 20 heavy (non-hydrogen) atoms. The van der Waals surface area contributed by atoms with Gasteiger partial charge in [-0.2, -0.15) is 5.10 Å². The van der Waals surface area contributed by atoms with Gasteiger partial charge in [0, 0.05) is 31.9 Å². The molecule has 108 valence electrons. The number of hydrogen-bond acceptors (Lipinski definition) is 3. The standard InChI is InChI=1S/C15H21BrN4/c1-4-12-15(16)14(20(3)19-12)9-13(18-5-2)11-7-6-8-17-10-11/h6-8,10,13,18H,4-5,9H2,1-3H3. The monoisotopic (exact) mass is 336 g/mol. The van der Waals surface area contributed by atoms with Crippen LogP contribution in [0.4, 0.5) is 0 Å². The Bertz CT molecular complexity index is 551. The first-order chi connectivity index (χ1) is 9.67. The molecule has 0 spiro atoms. The number of halogens is 1. The molecule has 2 heterocycles. The van der Waals surface area contributed by atoms with Crippen LogP contribution in [0.15, 0.2) is 29.0 Å². The molecule has 4 nitrogen and oxygen atoms in total. The largest absolute Gasteiger partial charge is 0.310 e. The summed E-state index contributed by atoms with van der Waals surface area (Å²) in [4.78, 5) is 4.22.